The van der Waals surface area contributed by atoms with Gasteiger partial charge in [0.15, 0.2) is 0 Å². The third-order valence-corrected chi connectivity index (χ3v) is 27.2. The molecule has 16 rings (SSSR count). The van der Waals surface area contributed by atoms with Gasteiger partial charge in [0.25, 0.3) is 23.6 Å². The highest BCUT2D eigenvalue weighted by Gasteiger charge is 2.43. The van der Waals surface area contributed by atoms with Gasteiger partial charge in [-0.25, -0.2) is 36.7 Å². The maximum atomic E-state index is 15.7. The van der Waals surface area contributed by atoms with Crippen molar-refractivity contribution >= 4 is 70.5 Å². The number of nitrogens with zero attached hydrogens (tertiary/aromatic N) is 4. The Morgan fingerprint density at radius 3 is 0.877 bits per heavy atom. The second-order valence-electron chi connectivity index (χ2n) is 36.9. The zero-order valence-corrected chi connectivity index (χ0v) is 79.5. The molecule has 2 unspecified atom stereocenters. The summed E-state index contributed by atoms with van der Waals surface area (Å²) >= 11 is 0. The van der Waals surface area contributed by atoms with Crippen molar-refractivity contribution in [2.45, 2.75) is 191 Å². The number of aryl methyl sites for hydroxylation is 6. The molecule has 724 valence electrons. The summed E-state index contributed by atoms with van der Waals surface area (Å²) in [6, 6.07) is 44.2. The van der Waals surface area contributed by atoms with Gasteiger partial charge in [0.2, 0.25) is 0 Å². The predicted octanol–water partition coefficient (Wildman–Crippen LogP) is 18.1. The number of terminal acetylenes is 4. The Labute approximate surface area is 806 Å². The van der Waals surface area contributed by atoms with E-state index in [0.717, 1.165) is 111 Å². The van der Waals surface area contributed by atoms with Gasteiger partial charge in [-0.1, -0.05) is 96.5 Å². The van der Waals surface area contributed by atoms with Crippen LogP contribution in [0.25, 0.3) is 0 Å². The van der Waals surface area contributed by atoms with Crippen LogP contribution in [0, 0.1) is 90.9 Å². The first-order chi connectivity index (χ1) is 66.3. The van der Waals surface area contributed by atoms with Gasteiger partial charge in [0, 0.05) is 210 Å². The van der Waals surface area contributed by atoms with Crippen molar-refractivity contribution in [2.75, 3.05) is 126 Å². The zero-order valence-electron chi connectivity index (χ0n) is 79.5. The second-order valence-corrected chi connectivity index (χ2v) is 36.9. The van der Waals surface area contributed by atoms with Crippen molar-refractivity contribution in [3.8, 4) is 49.4 Å². The number of likely N-dealkylation sites (tertiary alicyclic amines) is 4. The fourth-order valence-corrected chi connectivity index (χ4v) is 18.5. The molecule has 0 bridgehead atoms. The lowest BCUT2D eigenvalue weighted by molar-refractivity contribution is 0.0412. The number of hydrogen-bond donors (Lipinski definition) is 8. The number of piperidine rings is 4. The van der Waals surface area contributed by atoms with E-state index in [-0.39, 0.29) is 123 Å². The standard InChI is InChI=1S/2C28H32FN3O3.2C27H30FN3O3/c1-4-21-7-9-22(10-8-21)28(29)11-13-32(14-12-28)26(33)24-17-25(20(3)16-19(24)2)31-27(34)30-23-6-5-15-35-18-23;1-4-21-7-9-22(10-8-21)28(29)11-13-32(14-12-28)26(33)24-17-25(20(3)16-19(24)2)31-27(34)30-18-23-6-5-15-35-23;1-3-20-7-10-22(11-8-20)27(28)12-14-31(15-13-27)25(32)21-9-6-19(2)24(17-21)30-26(33)29-23-5-4-16-34-18-23;1-3-20-7-10-22(11-8-20)27(28)12-14-31(15-13-27)25(32)21-9-6-19(2)24(17-21)30-26(33)29-18-23-5-4-16-34-23/h2*1,7-10,16-17,23H,5-6,11-15,18H2,2-3H3,(H2,30,31,34);2*1,6-11,17,23H,4-5,12-16,18H2,2H3,(H2,29,30,33)/t;23-;;23-/m.1.1/s1. The van der Waals surface area contributed by atoms with Gasteiger partial charge in [-0.15, -0.1) is 25.7 Å². The summed E-state index contributed by atoms with van der Waals surface area (Å²) in [6.07, 6.45) is 30.9. The quantitative estimate of drug-likeness (QED) is 0.0294. The van der Waals surface area contributed by atoms with Crippen LogP contribution in [0.2, 0.25) is 0 Å². The van der Waals surface area contributed by atoms with Gasteiger partial charge in [0.05, 0.1) is 37.5 Å². The first kappa shape index (κ1) is 102. The number of hydrogen-bond acceptors (Lipinski definition) is 12. The van der Waals surface area contributed by atoms with E-state index >= 15 is 17.6 Å². The molecule has 138 heavy (non-hydrogen) atoms. The molecule has 0 saturated carbocycles. The van der Waals surface area contributed by atoms with Crippen molar-refractivity contribution in [3.63, 3.8) is 0 Å². The number of rotatable bonds is 18. The van der Waals surface area contributed by atoms with E-state index in [1.807, 2.05) is 59.7 Å². The second kappa shape index (κ2) is 47.0. The molecule has 0 aliphatic carbocycles. The molecule has 24 nitrogen and oxygen atoms in total. The monoisotopic (exact) mass is 1880 g/mol. The SMILES string of the molecule is C#Cc1ccc(C2(F)CCN(C(=O)c3cc(NC(=O)NC4CCCOC4)c(C)cc3C)CC2)cc1.C#Cc1ccc(C2(F)CCN(C(=O)c3cc(NC(=O)NC[C@H]4CCCO4)c(C)cc3C)CC2)cc1.C#Cc1ccc(C2(F)CCN(C(=O)c3ccc(C)c(NC(=O)NC4CCCOC4)c3)CC2)cc1.C#Cc1ccc(C2(F)CCN(C(=O)c3ccc(C)c(NC(=O)NC[C@H]4CCCO4)c3)CC2)cc1. The summed E-state index contributed by atoms with van der Waals surface area (Å²) in [5.41, 5.74) is 8.61. The average Bonchev–Trinajstić information content (AvgIpc) is 0.800. The molecule has 8 N–H and O–H groups in total. The van der Waals surface area contributed by atoms with Gasteiger partial charge in [0.1, 0.15) is 22.7 Å². The molecule has 8 saturated heterocycles. The number of anilines is 4. The summed E-state index contributed by atoms with van der Waals surface area (Å²) in [5.74, 6) is 9.51. The van der Waals surface area contributed by atoms with Crippen LogP contribution in [-0.4, -0.2) is 197 Å². The lowest BCUT2D eigenvalue weighted by Crippen LogP contribution is -2.43. The Bertz CT molecular complexity index is 5830. The average molecular weight is 1880 g/mol. The Balaban J connectivity index is 0.000000155. The van der Waals surface area contributed by atoms with Crippen LogP contribution in [0.5, 0.6) is 0 Å². The minimum Gasteiger partial charge on any atom is -0.379 e. The fourth-order valence-electron chi connectivity index (χ4n) is 18.5. The molecule has 0 aromatic heterocycles. The third-order valence-electron chi connectivity index (χ3n) is 27.2. The van der Waals surface area contributed by atoms with Crippen LogP contribution in [0.4, 0.5) is 59.5 Å². The first-order valence-electron chi connectivity index (χ1n) is 47.6. The molecule has 8 aromatic rings. The van der Waals surface area contributed by atoms with E-state index in [0.29, 0.717) is 168 Å². The Kier molecular flexibility index (Phi) is 34.8. The maximum Gasteiger partial charge on any atom is 0.319 e. The van der Waals surface area contributed by atoms with E-state index < -0.39 is 22.7 Å². The number of alkyl halides is 4. The number of nitrogens with one attached hydrogen (secondary N) is 8. The van der Waals surface area contributed by atoms with Gasteiger partial charge in [-0.05, 0) is 233 Å². The molecule has 28 heteroatoms. The number of halogens is 4. The molecule has 0 spiro atoms. The number of ether oxygens (including phenoxy) is 4. The highest BCUT2D eigenvalue weighted by Crippen LogP contribution is 2.43. The summed E-state index contributed by atoms with van der Waals surface area (Å²) in [7, 11) is 0. The highest BCUT2D eigenvalue weighted by atomic mass is 19.2. The number of carbonyl (C=O) groups excluding carboxylic acids is 8. The number of carbonyl (C=O) groups is 8. The zero-order chi connectivity index (χ0) is 98.3. The van der Waals surface area contributed by atoms with Gasteiger partial charge >= 0.3 is 24.1 Å². The molecule has 8 aliphatic rings. The van der Waals surface area contributed by atoms with Crippen molar-refractivity contribution in [2.24, 2.45) is 0 Å². The van der Waals surface area contributed by atoms with E-state index in [4.69, 9.17) is 44.6 Å². The van der Waals surface area contributed by atoms with Crippen LogP contribution in [0.15, 0.2) is 158 Å². The number of urea groups is 4. The largest absolute Gasteiger partial charge is 0.379 e. The Morgan fingerprint density at radius 1 is 0.333 bits per heavy atom. The molecule has 0 radical (unpaired) electrons. The van der Waals surface area contributed by atoms with Crippen LogP contribution < -0.4 is 42.5 Å². The van der Waals surface area contributed by atoms with Crippen LogP contribution in [0.1, 0.15) is 222 Å². The minimum absolute atomic E-state index is 0.0176. The summed E-state index contributed by atoms with van der Waals surface area (Å²) < 4.78 is 84.3. The normalized spacial score (nSPS) is 19.4. The molecule has 12 amide bonds. The smallest absolute Gasteiger partial charge is 0.319 e. The van der Waals surface area contributed by atoms with Crippen LogP contribution >= 0.6 is 0 Å². The van der Waals surface area contributed by atoms with Crippen molar-refractivity contribution < 1.29 is 74.9 Å². The molecule has 8 aliphatic heterocycles. The summed E-state index contributed by atoms with van der Waals surface area (Å²) in [4.78, 5) is 109. The molecular formula is C110H124F4N12O12. The van der Waals surface area contributed by atoms with E-state index in [1.54, 1.807) is 159 Å². The summed E-state index contributed by atoms with van der Waals surface area (Å²) in [6.45, 7) is 18.6. The molecule has 8 heterocycles. The van der Waals surface area contributed by atoms with Crippen LogP contribution in [0.3, 0.4) is 0 Å². The summed E-state index contributed by atoms with van der Waals surface area (Å²) in [5, 5.41) is 22.9. The Morgan fingerprint density at radius 2 is 0.609 bits per heavy atom. The number of amides is 12. The lowest BCUT2D eigenvalue weighted by atomic mass is 9.85. The minimum atomic E-state index is -1.49. The van der Waals surface area contributed by atoms with Gasteiger partial charge in [-0.2, -0.15) is 0 Å². The Hall–Kier alpha value is -13.5. The molecule has 8 fully saturated rings. The van der Waals surface area contributed by atoms with Crippen molar-refractivity contribution in [1.82, 2.24) is 40.9 Å². The van der Waals surface area contributed by atoms with Gasteiger partial charge < -0.3 is 81.1 Å². The van der Waals surface area contributed by atoms with E-state index in [1.165, 1.54) is 0 Å². The molecule has 8 aromatic carbocycles. The predicted molar refractivity (Wildman–Crippen MR) is 527 cm³/mol. The molecular weight excluding hydrogens is 1760 g/mol. The van der Waals surface area contributed by atoms with Crippen molar-refractivity contribution in [3.05, 3.63) is 258 Å². The third kappa shape index (κ3) is 26.7. The molecule has 4 atom stereocenters. The highest BCUT2D eigenvalue weighted by molar-refractivity contribution is 6.01. The van der Waals surface area contributed by atoms with Crippen LogP contribution in [-0.2, 0) is 41.6 Å². The topological polar surface area (TPSA) is 283 Å². The first-order valence-corrected chi connectivity index (χ1v) is 47.6. The van der Waals surface area contributed by atoms with Crippen molar-refractivity contribution in [1.29, 1.82) is 0 Å². The lowest BCUT2D eigenvalue weighted by Gasteiger charge is -2.37. The fraction of sp³-hybridized carbons (Fsp3) is 0.418. The maximum absolute atomic E-state index is 15.7. The van der Waals surface area contributed by atoms with Gasteiger partial charge in [-0.3, -0.25) is 19.2 Å². The number of benzene rings is 8. The van der Waals surface area contributed by atoms with E-state index in [9.17, 15) is 38.4 Å². The van der Waals surface area contributed by atoms with E-state index in [2.05, 4.69) is 66.2 Å².